The minimum absolute atomic E-state index is 0.183. The van der Waals surface area contributed by atoms with Crippen molar-refractivity contribution in [1.82, 2.24) is 9.80 Å². The van der Waals surface area contributed by atoms with Gasteiger partial charge in [-0.05, 0) is 54.8 Å². The minimum atomic E-state index is -0.486. The molecule has 0 bridgehead atoms. The van der Waals surface area contributed by atoms with E-state index in [1.165, 1.54) is 9.80 Å². The zero-order chi connectivity index (χ0) is 19.6. The molecule has 0 atom stereocenters. The Hall–Kier alpha value is -3.15. The van der Waals surface area contributed by atoms with Crippen molar-refractivity contribution in [1.29, 1.82) is 0 Å². The maximum Gasteiger partial charge on any atom is 0.312 e. The third-order valence-electron chi connectivity index (χ3n) is 4.59. The fourth-order valence-electron chi connectivity index (χ4n) is 3.16. The number of carbonyl (C=O) groups excluding carboxylic acids is 3. The number of aryl methyl sites for hydroxylation is 2. The summed E-state index contributed by atoms with van der Waals surface area (Å²) in [7, 11) is 1.63. The molecule has 140 valence electrons. The zero-order valence-corrected chi connectivity index (χ0v) is 15.8. The van der Waals surface area contributed by atoms with Crippen LogP contribution >= 0.6 is 0 Å². The summed E-state index contributed by atoms with van der Waals surface area (Å²) in [6.45, 7) is 5.37. The molecule has 27 heavy (non-hydrogen) atoms. The van der Waals surface area contributed by atoms with Gasteiger partial charge in [-0.1, -0.05) is 18.2 Å². The van der Waals surface area contributed by atoms with Crippen LogP contribution in [0.25, 0.3) is 0 Å². The van der Waals surface area contributed by atoms with Gasteiger partial charge in [-0.15, -0.1) is 0 Å². The summed E-state index contributed by atoms with van der Waals surface area (Å²) in [6.07, 6.45) is 0. The molecule has 1 saturated heterocycles. The van der Waals surface area contributed by atoms with E-state index in [1.807, 2.05) is 38.1 Å². The predicted octanol–water partition coefficient (Wildman–Crippen LogP) is 2.36. The molecule has 0 aromatic heterocycles. The molecule has 1 N–H and O–H groups in total. The van der Waals surface area contributed by atoms with Gasteiger partial charge in [0.25, 0.3) is 5.91 Å². The van der Waals surface area contributed by atoms with E-state index in [9.17, 15) is 14.4 Å². The van der Waals surface area contributed by atoms with E-state index in [2.05, 4.69) is 11.4 Å². The summed E-state index contributed by atoms with van der Waals surface area (Å²) < 4.78 is 0. The first-order valence-corrected chi connectivity index (χ1v) is 8.86. The number of likely N-dealkylation sites (N-methyl/N-ethyl adjacent to an activating group) is 1. The molecule has 0 spiro atoms. The van der Waals surface area contributed by atoms with Gasteiger partial charge in [0.2, 0.25) is 0 Å². The summed E-state index contributed by atoms with van der Waals surface area (Å²) >= 11 is 0. The molecular formula is C21H23N3O3. The van der Waals surface area contributed by atoms with Crippen LogP contribution in [0.1, 0.15) is 27.0 Å². The fraction of sp³-hybridized carbons (Fsp3) is 0.286. The standard InChI is InChI=1S/C21H23N3O3/c1-14-10-15(2)12-18(11-14)22-19(25)17-6-4-16(5-7-17)13-24-9-8-23(3)20(26)21(24)27/h4-7,10-12H,8-9,13H2,1-3H3,(H,22,25). The lowest BCUT2D eigenvalue weighted by Crippen LogP contribution is -2.52. The van der Waals surface area contributed by atoms with Crippen LogP contribution in [0.3, 0.4) is 0 Å². The summed E-state index contributed by atoms with van der Waals surface area (Å²) in [4.78, 5) is 39.2. The van der Waals surface area contributed by atoms with Gasteiger partial charge in [-0.2, -0.15) is 0 Å². The average Bonchev–Trinajstić information content (AvgIpc) is 2.62. The van der Waals surface area contributed by atoms with Crippen LogP contribution in [0, 0.1) is 13.8 Å². The minimum Gasteiger partial charge on any atom is -0.336 e. The highest BCUT2D eigenvalue weighted by atomic mass is 16.2. The predicted molar refractivity (Wildman–Crippen MR) is 103 cm³/mol. The van der Waals surface area contributed by atoms with Crippen LogP contribution in [0.15, 0.2) is 42.5 Å². The van der Waals surface area contributed by atoms with Crippen molar-refractivity contribution < 1.29 is 14.4 Å². The Balaban J connectivity index is 1.65. The molecule has 1 fully saturated rings. The smallest absolute Gasteiger partial charge is 0.312 e. The molecule has 1 aliphatic rings. The van der Waals surface area contributed by atoms with E-state index in [4.69, 9.17) is 0 Å². The second-order valence-electron chi connectivity index (χ2n) is 6.98. The van der Waals surface area contributed by atoms with E-state index < -0.39 is 11.8 Å². The Morgan fingerprint density at radius 2 is 1.59 bits per heavy atom. The Bertz CT molecular complexity index is 870. The average molecular weight is 365 g/mol. The molecule has 2 aromatic rings. The van der Waals surface area contributed by atoms with Crippen molar-refractivity contribution in [2.75, 3.05) is 25.5 Å². The number of piperazine rings is 1. The molecule has 3 amide bonds. The highest BCUT2D eigenvalue weighted by molar-refractivity contribution is 6.35. The quantitative estimate of drug-likeness (QED) is 0.846. The van der Waals surface area contributed by atoms with Crippen molar-refractivity contribution in [3.05, 3.63) is 64.7 Å². The molecule has 0 saturated carbocycles. The molecule has 1 aliphatic heterocycles. The van der Waals surface area contributed by atoms with Gasteiger partial charge in [-0.25, -0.2) is 0 Å². The molecule has 0 unspecified atom stereocenters. The number of nitrogens with zero attached hydrogens (tertiary/aromatic N) is 2. The van der Waals surface area contributed by atoms with Gasteiger partial charge < -0.3 is 15.1 Å². The second-order valence-corrected chi connectivity index (χ2v) is 6.98. The number of rotatable bonds is 4. The monoisotopic (exact) mass is 365 g/mol. The second kappa shape index (κ2) is 7.61. The number of carbonyl (C=O) groups is 3. The van der Waals surface area contributed by atoms with E-state index in [-0.39, 0.29) is 5.91 Å². The fourth-order valence-corrected chi connectivity index (χ4v) is 3.16. The first-order valence-electron chi connectivity index (χ1n) is 8.86. The Labute approximate surface area is 158 Å². The molecule has 0 radical (unpaired) electrons. The first-order chi connectivity index (χ1) is 12.8. The van der Waals surface area contributed by atoms with Crippen molar-refractivity contribution in [3.8, 4) is 0 Å². The number of hydrogen-bond acceptors (Lipinski definition) is 3. The van der Waals surface area contributed by atoms with Gasteiger partial charge in [0, 0.05) is 37.9 Å². The summed E-state index contributed by atoms with van der Waals surface area (Å²) in [5.41, 5.74) is 4.37. The Morgan fingerprint density at radius 3 is 2.22 bits per heavy atom. The third kappa shape index (κ3) is 4.34. The van der Waals surface area contributed by atoms with Gasteiger partial charge >= 0.3 is 11.8 Å². The van der Waals surface area contributed by atoms with Crippen LogP contribution in [0.4, 0.5) is 5.69 Å². The molecule has 6 nitrogen and oxygen atoms in total. The third-order valence-corrected chi connectivity index (χ3v) is 4.59. The zero-order valence-electron chi connectivity index (χ0n) is 15.8. The number of anilines is 1. The van der Waals surface area contributed by atoms with Gasteiger partial charge in [0.15, 0.2) is 0 Å². The van der Waals surface area contributed by atoms with Crippen LogP contribution in [-0.2, 0) is 16.1 Å². The van der Waals surface area contributed by atoms with Crippen LogP contribution in [0.5, 0.6) is 0 Å². The highest BCUT2D eigenvalue weighted by Crippen LogP contribution is 2.16. The summed E-state index contributed by atoms with van der Waals surface area (Å²) in [5, 5.41) is 2.90. The lowest BCUT2D eigenvalue weighted by atomic mass is 10.1. The van der Waals surface area contributed by atoms with Crippen molar-refractivity contribution in [2.24, 2.45) is 0 Å². The van der Waals surface area contributed by atoms with E-state index in [0.717, 1.165) is 22.4 Å². The lowest BCUT2D eigenvalue weighted by molar-refractivity contribution is -0.155. The van der Waals surface area contributed by atoms with Crippen molar-refractivity contribution in [2.45, 2.75) is 20.4 Å². The van der Waals surface area contributed by atoms with Crippen LogP contribution in [0.2, 0.25) is 0 Å². The van der Waals surface area contributed by atoms with Crippen molar-refractivity contribution in [3.63, 3.8) is 0 Å². The van der Waals surface area contributed by atoms with E-state index in [0.29, 0.717) is 25.2 Å². The molecule has 0 aliphatic carbocycles. The highest BCUT2D eigenvalue weighted by Gasteiger charge is 2.30. The molecule has 2 aromatic carbocycles. The number of hydrogen-bond donors (Lipinski definition) is 1. The maximum absolute atomic E-state index is 12.4. The van der Waals surface area contributed by atoms with E-state index >= 15 is 0 Å². The SMILES string of the molecule is Cc1cc(C)cc(NC(=O)c2ccc(CN3CCN(C)C(=O)C3=O)cc2)c1. The Kier molecular flexibility index (Phi) is 5.26. The van der Waals surface area contributed by atoms with E-state index in [1.54, 1.807) is 19.2 Å². The number of nitrogens with one attached hydrogen (secondary N) is 1. The number of amides is 3. The normalized spacial score (nSPS) is 14.5. The number of benzene rings is 2. The summed E-state index contributed by atoms with van der Waals surface area (Å²) in [6, 6.07) is 13.0. The van der Waals surface area contributed by atoms with Gasteiger partial charge in [0.1, 0.15) is 0 Å². The molecule has 6 heteroatoms. The molecule has 3 rings (SSSR count). The van der Waals surface area contributed by atoms with Gasteiger partial charge in [0.05, 0.1) is 0 Å². The largest absolute Gasteiger partial charge is 0.336 e. The topological polar surface area (TPSA) is 69.7 Å². The van der Waals surface area contributed by atoms with Crippen molar-refractivity contribution >= 4 is 23.4 Å². The summed E-state index contributed by atoms with van der Waals surface area (Å²) in [5.74, 6) is -1.15. The Morgan fingerprint density at radius 1 is 0.963 bits per heavy atom. The first kappa shape index (κ1) is 18.6. The molecular weight excluding hydrogens is 342 g/mol. The maximum atomic E-state index is 12.4. The van der Waals surface area contributed by atoms with Crippen LogP contribution < -0.4 is 5.32 Å². The van der Waals surface area contributed by atoms with Crippen LogP contribution in [-0.4, -0.2) is 47.7 Å². The lowest BCUT2D eigenvalue weighted by Gasteiger charge is -2.31. The van der Waals surface area contributed by atoms with Gasteiger partial charge in [-0.3, -0.25) is 14.4 Å². The molecule has 1 heterocycles.